The van der Waals surface area contributed by atoms with E-state index in [0.717, 1.165) is 5.56 Å². The smallest absolute Gasteiger partial charge is 0.339 e. The van der Waals surface area contributed by atoms with Gasteiger partial charge in [0.2, 0.25) is 0 Å². The number of carbonyl (C=O) groups excluding carboxylic acids is 2. The minimum Gasteiger partial charge on any atom is -0.497 e. The van der Waals surface area contributed by atoms with Crippen LogP contribution in [0.5, 0.6) is 17.2 Å². The SMILES string of the molecule is COC(=O)/C(=C(/Cc1ccccc1)C(=O)c1ccc(OC)cc1)c1cc(OC)ccc1OC. The molecule has 0 N–H and O–H groups in total. The molecule has 0 amide bonds. The predicted octanol–water partition coefficient (Wildman–Crippen LogP) is 4.76. The fourth-order valence-corrected chi connectivity index (χ4v) is 3.51. The van der Waals surface area contributed by atoms with E-state index in [9.17, 15) is 9.59 Å². The lowest BCUT2D eigenvalue weighted by atomic mass is 9.89. The molecule has 3 rings (SSSR count). The van der Waals surface area contributed by atoms with Crippen molar-refractivity contribution in [3.63, 3.8) is 0 Å². The van der Waals surface area contributed by atoms with E-state index in [2.05, 4.69) is 0 Å². The van der Waals surface area contributed by atoms with E-state index in [4.69, 9.17) is 18.9 Å². The Bertz CT molecular complexity index is 1150. The van der Waals surface area contributed by atoms with Crippen LogP contribution in [0.4, 0.5) is 0 Å². The van der Waals surface area contributed by atoms with Crippen molar-refractivity contribution in [2.75, 3.05) is 28.4 Å². The number of ether oxygens (including phenoxy) is 4. The standard InChI is InChI=1S/C27H26O6/c1-30-20-12-10-19(11-13-20)26(28)23(16-18-8-6-5-7-9-18)25(27(29)33-4)22-17-21(31-2)14-15-24(22)32-3/h5-15,17H,16H2,1-4H3/b25-23-. The number of benzene rings is 3. The molecule has 33 heavy (non-hydrogen) atoms. The van der Waals surface area contributed by atoms with Crippen molar-refractivity contribution < 1.29 is 28.5 Å². The van der Waals surface area contributed by atoms with E-state index in [-0.39, 0.29) is 23.4 Å². The molecule has 170 valence electrons. The number of hydrogen-bond acceptors (Lipinski definition) is 6. The van der Waals surface area contributed by atoms with Crippen molar-refractivity contribution >= 4 is 17.3 Å². The Labute approximate surface area is 193 Å². The number of carbonyl (C=O) groups is 2. The van der Waals surface area contributed by atoms with Gasteiger partial charge in [-0.1, -0.05) is 30.3 Å². The number of rotatable bonds is 9. The summed E-state index contributed by atoms with van der Waals surface area (Å²) in [6.07, 6.45) is 0.219. The molecule has 0 aromatic heterocycles. The third-order valence-electron chi connectivity index (χ3n) is 5.22. The lowest BCUT2D eigenvalue weighted by molar-refractivity contribution is -0.133. The Morgan fingerprint density at radius 2 is 1.36 bits per heavy atom. The van der Waals surface area contributed by atoms with E-state index in [1.165, 1.54) is 21.3 Å². The molecule has 0 aliphatic rings. The van der Waals surface area contributed by atoms with E-state index in [0.29, 0.717) is 28.4 Å². The number of Topliss-reactive ketones (excluding diaryl/α,β-unsaturated/α-hetero) is 1. The van der Waals surface area contributed by atoms with Crippen molar-refractivity contribution in [2.45, 2.75) is 6.42 Å². The van der Waals surface area contributed by atoms with Crippen molar-refractivity contribution in [1.29, 1.82) is 0 Å². The minimum atomic E-state index is -0.644. The van der Waals surface area contributed by atoms with Gasteiger partial charge >= 0.3 is 5.97 Å². The summed E-state index contributed by atoms with van der Waals surface area (Å²) in [6.45, 7) is 0. The quantitative estimate of drug-likeness (QED) is 0.268. The van der Waals surface area contributed by atoms with Gasteiger partial charge in [-0.3, -0.25) is 4.79 Å². The molecule has 0 saturated heterocycles. The summed E-state index contributed by atoms with van der Waals surface area (Å²) in [5.41, 5.74) is 2.11. The summed E-state index contributed by atoms with van der Waals surface area (Å²) in [4.78, 5) is 26.9. The number of methoxy groups -OCH3 is 4. The maximum atomic E-state index is 13.8. The van der Waals surface area contributed by atoms with Gasteiger partial charge in [-0.05, 0) is 48.0 Å². The molecule has 0 atom stereocenters. The van der Waals surface area contributed by atoms with E-state index >= 15 is 0 Å². The molecule has 3 aromatic carbocycles. The molecule has 0 spiro atoms. The highest BCUT2D eigenvalue weighted by Crippen LogP contribution is 2.35. The Morgan fingerprint density at radius 3 is 1.94 bits per heavy atom. The van der Waals surface area contributed by atoms with Gasteiger partial charge in [0, 0.05) is 23.1 Å². The molecule has 0 radical (unpaired) electrons. The van der Waals surface area contributed by atoms with Gasteiger partial charge in [-0.25, -0.2) is 4.79 Å². The van der Waals surface area contributed by atoms with Gasteiger partial charge in [0.1, 0.15) is 17.2 Å². The molecule has 0 aliphatic carbocycles. The molecular weight excluding hydrogens is 420 g/mol. The Morgan fingerprint density at radius 1 is 0.727 bits per heavy atom. The number of esters is 1. The van der Waals surface area contributed by atoms with Gasteiger partial charge in [0.05, 0.1) is 34.0 Å². The maximum Gasteiger partial charge on any atom is 0.339 e. The summed E-state index contributed by atoms with van der Waals surface area (Å²) in [7, 11) is 5.87. The zero-order valence-electron chi connectivity index (χ0n) is 19.1. The summed E-state index contributed by atoms with van der Waals surface area (Å²) in [5, 5.41) is 0. The van der Waals surface area contributed by atoms with Crippen LogP contribution in [0.1, 0.15) is 21.5 Å². The van der Waals surface area contributed by atoms with Crippen LogP contribution in [0.15, 0.2) is 78.4 Å². The molecule has 0 heterocycles. The largest absolute Gasteiger partial charge is 0.497 e. The highest BCUT2D eigenvalue weighted by atomic mass is 16.5. The van der Waals surface area contributed by atoms with Gasteiger partial charge in [-0.2, -0.15) is 0 Å². The number of ketones is 1. The number of allylic oxidation sites excluding steroid dienone is 1. The van der Waals surface area contributed by atoms with E-state index in [1.54, 1.807) is 49.6 Å². The van der Waals surface area contributed by atoms with Crippen LogP contribution in [-0.4, -0.2) is 40.2 Å². The first-order valence-corrected chi connectivity index (χ1v) is 10.3. The Hall–Kier alpha value is -4.06. The first-order chi connectivity index (χ1) is 16.0. The fraction of sp³-hybridized carbons (Fsp3) is 0.185. The van der Waals surface area contributed by atoms with Gasteiger partial charge in [-0.15, -0.1) is 0 Å². The highest BCUT2D eigenvalue weighted by molar-refractivity contribution is 6.27. The van der Waals surface area contributed by atoms with Gasteiger partial charge in [0.25, 0.3) is 0 Å². The first-order valence-electron chi connectivity index (χ1n) is 10.3. The lowest BCUT2D eigenvalue weighted by Gasteiger charge is -2.17. The minimum absolute atomic E-state index is 0.123. The second kappa shape index (κ2) is 11.0. The molecule has 0 bridgehead atoms. The first kappa shape index (κ1) is 23.6. The molecule has 3 aromatic rings. The lowest BCUT2D eigenvalue weighted by Crippen LogP contribution is -2.16. The van der Waals surface area contributed by atoms with Gasteiger partial charge < -0.3 is 18.9 Å². The summed E-state index contributed by atoms with van der Waals surface area (Å²) in [6, 6.07) is 21.3. The van der Waals surface area contributed by atoms with Crippen LogP contribution in [0.2, 0.25) is 0 Å². The molecule has 0 aliphatic heterocycles. The van der Waals surface area contributed by atoms with Crippen LogP contribution in [0.25, 0.3) is 5.57 Å². The Kier molecular flexibility index (Phi) is 7.86. The van der Waals surface area contributed by atoms with Crippen molar-refractivity contribution in [3.8, 4) is 17.2 Å². The Balaban J connectivity index is 2.29. The van der Waals surface area contributed by atoms with Crippen LogP contribution < -0.4 is 14.2 Å². The summed E-state index contributed by atoms with van der Waals surface area (Å²) in [5.74, 6) is 0.622. The van der Waals surface area contributed by atoms with Crippen molar-refractivity contribution in [2.24, 2.45) is 0 Å². The fourth-order valence-electron chi connectivity index (χ4n) is 3.51. The van der Waals surface area contributed by atoms with E-state index < -0.39 is 5.97 Å². The van der Waals surface area contributed by atoms with Crippen LogP contribution >= 0.6 is 0 Å². The molecule has 0 saturated carbocycles. The maximum absolute atomic E-state index is 13.8. The predicted molar refractivity (Wildman–Crippen MR) is 126 cm³/mol. The highest BCUT2D eigenvalue weighted by Gasteiger charge is 2.27. The zero-order valence-corrected chi connectivity index (χ0v) is 19.1. The molecular formula is C27H26O6. The third-order valence-corrected chi connectivity index (χ3v) is 5.22. The zero-order chi connectivity index (χ0) is 23.8. The third kappa shape index (κ3) is 5.41. The van der Waals surface area contributed by atoms with Crippen LogP contribution in [0, 0.1) is 0 Å². The summed E-state index contributed by atoms with van der Waals surface area (Å²) < 4.78 is 21.2. The topological polar surface area (TPSA) is 71.1 Å². The van der Waals surface area contributed by atoms with Gasteiger partial charge in [0.15, 0.2) is 5.78 Å². The summed E-state index contributed by atoms with van der Waals surface area (Å²) >= 11 is 0. The average molecular weight is 446 g/mol. The molecule has 6 heteroatoms. The van der Waals surface area contributed by atoms with E-state index in [1.807, 2.05) is 30.3 Å². The second-order valence-electron chi connectivity index (χ2n) is 7.13. The molecule has 0 unspecified atom stereocenters. The molecule has 6 nitrogen and oxygen atoms in total. The average Bonchev–Trinajstić information content (AvgIpc) is 2.88. The van der Waals surface area contributed by atoms with Crippen LogP contribution in [-0.2, 0) is 16.0 Å². The number of hydrogen-bond donors (Lipinski definition) is 0. The van der Waals surface area contributed by atoms with Crippen LogP contribution in [0.3, 0.4) is 0 Å². The second-order valence-corrected chi connectivity index (χ2v) is 7.13. The normalized spacial score (nSPS) is 11.3. The van der Waals surface area contributed by atoms with Crippen molar-refractivity contribution in [1.82, 2.24) is 0 Å². The van der Waals surface area contributed by atoms with Crippen molar-refractivity contribution in [3.05, 3.63) is 95.1 Å². The molecule has 0 fully saturated rings. The monoisotopic (exact) mass is 446 g/mol.